The van der Waals surface area contributed by atoms with Gasteiger partial charge in [0.15, 0.2) is 5.13 Å². The maximum absolute atomic E-state index is 12.3. The Morgan fingerprint density at radius 2 is 1.92 bits per heavy atom. The minimum absolute atomic E-state index is 0.105. The Morgan fingerprint density at radius 3 is 2.64 bits per heavy atom. The summed E-state index contributed by atoms with van der Waals surface area (Å²) in [7, 11) is 1.60. The van der Waals surface area contributed by atoms with Crippen LogP contribution in [0.2, 0.25) is 0 Å². The van der Waals surface area contributed by atoms with Gasteiger partial charge in [-0.3, -0.25) is 4.79 Å². The molecule has 0 saturated heterocycles. The fourth-order valence-corrected chi connectivity index (χ4v) is 3.30. The molecule has 1 aromatic heterocycles. The SMILES string of the molecule is CCc1ccc(-c2csc(NC(=O)Cc3ccccc3OC)n2)cc1. The number of carbonyl (C=O) groups is 1. The normalized spacial score (nSPS) is 10.5. The number of nitrogens with one attached hydrogen (secondary N) is 1. The number of nitrogens with zero attached hydrogens (tertiary/aromatic N) is 1. The highest BCUT2D eigenvalue weighted by Gasteiger charge is 2.11. The highest BCUT2D eigenvalue weighted by molar-refractivity contribution is 7.14. The largest absolute Gasteiger partial charge is 0.496 e. The van der Waals surface area contributed by atoms with Gasteiger partial charge in [0.25, 0.3) is 0 Å². The van der Waals surface area contributed by atoms with Crippen LogP contribution in [0, 0.1) is 0 Å². The minimum atomic E-state index is -0.105. The van der Waals surface area contributed by atoms with Crippen LogP contribution in [-0.4, -0.2) is 18.0 Å². The van der Waals surface area contributed by atoms with E-state index >= 15 is 0 Å². The third kappa shape index (κ3) is 4.25. The zero-order valence-electron chi connectivity index (χ0n) is 14.3. The zero-order chi connectivity index (χ0) is 17.6. The van der Waals surface area contributed by atoms with Crippen molar-refractivity contribution < 1.29 is 9.53 Å². The van der Waals surface area contributed by atoms with Gasteiger partial charge in [0, 0.05) is 16.5 Å². The Labute approximate surface area is 151 Å². The topological polar surface area (TPSA) is 51.2 Å². The molecule has 0 bridgehead atoms. The minimum Gasteiger partial charge on any atom is -0.496 e. The van der Waals surface area contributed by atoms with Gasteiger partial charge in [-0.05, 0) is 18.1 Å². The molecule has 0 radical (unpaired) electrons. The summed E-state index contributed by atoms with van der Waals surface area (Å²) in [6.45, 7) is 2.13. The van der Waals surface area contributed by atoms with Crippen molar-refractivity contribution in [2.45, 2.75) is 19.8 Å². The molecule has 25 heavy (non-hydrogen) atoms. The number of para-hydroxylation sites is 1. The molecule has 1 amide bonds. The molecule has 2 aromatic carbocycles. The van der Waals surface area contributed by atoms with Crippen molar-refractivity contribution in [2.75, 3.05) is 12.4 Å². The number of methoxy groups -OCH3 is 1. The average Bonchev–Trinajstić information content (AvgIpc) is 3.10. The summed E-state index contributed by atoms with van der Waals surface area (Å²) >= 11 is 1.43. The van der Waals surface area contributed by atoms with Crippen LogP contribution in [0.4, 0.5) is 5.13 Å². The lowest BCUT2D eigenvalue weighted by atomic mass is 10.1. The number of aryl methyl sites for hydroxylation is 1. The van der Waals surface area contributed by atoms with Gasteiger partial charge in [0.2, 0.25) is 5.91 Å². The van der Waals surface area contributed by atoms with E-state index in [9.17, 15) is 4.79 Å². The van der Waals surface area contributed by atoms with Gasteiger partial charge in [-0.15, -0.1) is 11.3 Å². The molecule has 0 aliphatic carbocycles. The maximum Gasteiger partial charge on any atom is 0.230 e. The first-order valence-electron chi connectivity index (χ1n) is 8.16. The van der Waals surface area contributed by atoms with Crippen molar-refractivity contribution in [3.05, 3.63) is 65.0 Å². The van der Waals surface area contributed by atoms with E-state index < -0.39 is 0 Å². The molecule has 0 unspecified atom stereocenters. The molecule has 0 aliphatic rings. The van der Waals surface area contributed by atoms with Crippen LogP contribution in [0.1, 0.15) is 18.1 Å². The lowest BCUT2D eigenvalue weighted by Gasteiger charge is -2.07. The first-order valence-corrected chi connectivity index (χ1v) is 9.04. The van der Waals surface area contributed by atoms with Gasteiger partial charge < -0.3 is 10.1 Å². The van der Waals surface area contributed by atoms with Crippen LogP contribution in [0.15, 0.2) is 53.9 Å². The Bertz CT molecular complexity index is 856. The molecule has 0 aliphatic heterocycles. The van der Waals surface area contributed by atoms with Gasteiger partial charge >= 0.3 is 0 Å². The smallest absolute Gasteiger partial charge is 0.230 e. The number of rotatable bonds is 6. The first kappa shape index (κ1) is 17.2. The second-order valence-corrected chi connectivity index (χ2v) is 6.48. The quantitative estimate of drug-likeness (QED) is 0.707. The number of ether oxygens (including phenoxy) is 1. The van der Waals surface area contributed by atoms with E-state index in [4.69, 9.17) is 4.74 Å². The van der Waals surface area contributed by atoms with Gasteiger partial charge in [0.1, 0.15) is 5.75 Å². The van der Waals surface area contributed by atoms with E-state index in [0.717, 1.165) is 23.2 Å². The lowest BCUT2D eigenvalue weighted by molar-refractivity contribution is -0.115. The summed E-state index contributed by atoms with van der Waals surface area (Å²) < 4.78 is 5.28. The fraction of sp³-hybridized carbons (Fsp3) is 0.200. The van der Waals surface area contributed by atoms with Crippen molar-refractivity contribution >= 4 is 22.4 Å². The molecule has 128 valence electrons. The van der Waals surface area contributed by atoms with Crippen molar-refractivity contribution in [1.29, 1.82) is 0 Å². The van der Waals surface area contributed by atoms with Crippen LogP contribution in [-0.2, 0) is 17.6 Å². The summed E-state index contributed by atoms with van der Waals surface area (Å²) in [5, 5.41) is 5.43. The van der Waals surface area contributed by atoms with Crippen LogP contribution >= 0.6 is 11.3 Å². The number of carbonyl (C=O) groups excluding carboxylic acids is 1. The monoisotopic (exact) mass is 352 g/mol. The van der Waals surface area contributed by atoms with Crippen molar-refractivity contribution in [3.63, 3.8) is 0 Å². The molecule has 1 heterocycles. The highest BCUT2D eigenvalue weighted by Crippen LogP contribution is 2.26. The van der Waals surface area contributed by atoms with Crippen molar-refractivity contribution in [2.24, 2.45) is 0 Å². The molecule has 0 atom stereocenters. The lowest BCUT2D eigenvalue weighted by Crippen LogP contribution is -2.14. The Balaban J connectivity index is 1.67. The average molecular weight is 352 g/mol. The van der Waals surface area contributed by atoms with Gasteiger partial charge in [-0.2, -0.15) is 0 Å². The summed E-state index contributed by atoms with van der Waals surface area (Å²) in [5.41, 5.74) is 4.08. The van der Waals surface area contributed by atoms with Crippen molar-refractivity contribution in [1.82, 2.24) is 4.98 Å². The molecule has 1 N–H and O–H groups in total. The van der Waals surface area contributed by atoms with Crippen molar-refractivity contribution in [3.8, 4) is 17.0 Å². The van der Waals surface area contributed by atoms with E-state index in [0.29, 0.717) is 10.9 Å². The van der Waals surface area contributed by atoms with E-state index in [2.05, 4.69) is 41.5 Å². The second-order valence-electron chi connectivity index (χ2n) is 5.63. The van der Waals surface area contributed by atoms with Crippen LogP contribution in [0.25, 0.3) is 11.3 Å². The van der Waals surface area contributed by atoms with E-state index in [-0.39, 0.29) is 12.3 Å². The summed E-state index contributed by atoms with van der Waals surface area (Å²) in [6.07, 6.45) is 1.27. The summed E-state index contributed by atoms with van der Waals surface area (Å²) in [4.78, 5) is 16.8. The maximum atomic E-state index is 12.3. The van der Waals surface area contributed by atoms with Gasteiger partial charge in [0.05, 0.1) is 19.2 Å². The molecule has 3 aromatic rings. The standard InChI is InChI=1S/C20H20N2O2S/c1-3-14-8-10-15(11-9-14)17-13-25-20(21-17)22-19(23)12-16-6-4-5-7-18(16)24-2/h4-11,13H,3,12H2,1-2H3,(H,21,22,23). The Hall–Kier alpha value is -2.66. The molecule has 0 fully saturated rings. The number of benzene rings is 2. The number of anilines is 1. The third-order valence-corrected chi connectivity index (χ3v) is 4.71. The van der Waals surface area contributed by atoms with Gasteiger partial charge in [-0.1, -0.05) is 49.4 Å². The highest BCUT2D eigenvalue weighted by atomic mass is 32.1. The van der Waals surface area contributed by atoms with Crippen LogP contribution in [0.3, 0.4) is 0 Å². The second kappa shape index (κ2) is 7.94. The summed E-state index contributed by atoms with van der Waals surface area (Å²) in [5.74, 6) is 0.611. The molecule has 3 rings (SSSR count). The Kier molecular flexibility index (Phi) is 5.46. The predicted molar refractivity (Wildman–Crippen MR) is 102 cm³/mol. The zero-order valence-corrected chi connectivity index (χ0v) is 15.1. The van der Waals surface area contributed by atoms with Crippen LogP contribution < -0.4 is 10.1 Å². The number of hydrogen-bond donors (Lipinski definition) is 1. The van der Waals surface area contributed by atoms with E-state index in [1.54, 1.807) is 7.11 Å². The van der Waals surface area contributed by atoms with E-state index in [1.807, 2.05) is 29.6 Å². The fourth-order valence-electron chi connectivity index (χ4n) is 2.56. The first-order chi connectivity index (χ1) is 12.2. The number of hydrogen-bond acceptors (Lipinski definition) is 4. The van der Waals surface area contributed by atoms with Crippen LogP contribution in [0.5, 0.6) is 5.75 Å². The molecule has 5 heteroatoms. The number of amides is 1. The molecular weight excluding hydrogens is 332 g/mol. The summed E-state index contributed by atoms with van der Waals surface area (Å²) in [6, 6.07) is 15.9. The number of aromatic nitrogens is 1. The molecule has 0 spiro atoms. The molecular formula is C20H20N2O2S. The third-order valence-electron chi connectivity index (χ3n) is 3.95. The molecule has 0 saturated carbocycles. The predicted octanol–water partition coefficient (Wildman–Crippen LogP) is 4.56. The molecule has 4 nitrogen and oxygen atoms in total. The van der Waals surface area contributed by atoms with E-state index in [1.165, 1.54) is 16.9 Å². The number of thiazole rings is 1. The van der Waals surface area contributed by atoms with Gasteiger partial charge in [-0.25, -0.2) is 4.98 Å². The Morgan fingerprint density at radius 1 is 1.16 bits per heavy atom.